The predicted octanol–water partition coefficient (Wildman–Crippen LogP) is 2.39. The van der Waals surface area contributed by atoms with Crippen molar-refractivity contribution in [3.05, 3.63) is 66.7 Å². The standard InChI is InChI=1S/C18H16N2O9/c1-9-3-5-13(21)11(17(9)19(25)26)7-15(23)29-16(24)8-12-14(22)6-4-10(2)18(12)20(27)28/h3-6,21-22H,7-8H2,1-2H3. The highest BCUT2D eigenvalue weighted by Gasteiger charge is 2.27. The summed E-state index contributed by atoms with van der Waals surface area (Å²) in [6, 6.07) is 4.93. The maximum absolute atomic E-state index is 12.0. The van der Waals surface area contributed by atoms with Crippen molar-refractivity contribution in [3.63, 3.8) is 0 Å². The van der Waals surface area contributed by atoms with Crippen LogP contribution in [0.4, 0.5) is 11.4 Å². The molecule has 29 heavy (non-hydrogen) atoms. The molecular weight excluding hydrogens is 388 g/mol. The molecule has 0 atom stereocenters. The minimum absolute atomic E-state index is 0.197. The first-order valence-corrected chi connectivity index (χ1v) is 8.18. The molecule has 11 nitrogen and oxygen atoms in total. The van der Waals surface area contributed by atoms with E-state index in [4.69, 9.17) is 0 Å². The molecule has 0 fully saturated rings. The van der Waals surface area contributed by atoms with E-state index in [0.29, 0.717) is 0 Å². The molecule has 0 aliphatic carbocycles. The second-order valence-electron chi connectivity index (χ2n) is 6.17. The van der Waals surface area contributed by atoms with Crippen LogP contribution in [0.2, 0.25) is 0 Å². The maximum atomic E-state index is 12.0. The first kappa shape index (κ1) is 21.3. The van der Waals surface area contributed by atoms with Crippen LogP contribution in [0.1, 0.15) is 22.3 Å². The average molecular weight is 404 g/mol. The molecule has 0 aliphatic heterocycles. The van der Waals surface area contributed by atoms with Crippen molar-refractivity contribution in [3.8, 4) is 11.5 Å². The molecular formula is C18H16N2O9. The van der Waals surface area contributed by atoms with Crippen LogP contribution >= 0.6 is 0 Å². The third-order valence-corrected chi connectivity index (χ3v) is 4.15. The smallest absolute Gasteiger partial charge is 0.318 e. The highest BCUT2D eigenvalue weighted by Crippen LogP contribution is 2.33. The second-order valence-corrected chi connectivity index (χ2v) is 6.17. The van der Waals surface area contributed by atoms with Gasteiger partial charge < -0.3 is 14.9 Å². The normalized spacial score (nSPS) is 10.4. The Balaban J connectivity index is 2.22. The quantitative estimate of drug-likeness (QED) is 0.317. The first-order chi connectivity index (χ1) is 13.5. The van der Waals surface area contributed by atoms with E-state index in [1.165, 1.54) is 38.1 Å². The van der Waals surface area contributed by atoms with Gasteiger partial charge in [-0.05, 0) is 38.1 Å². The SMILES string of the molecule is Cc1ccc(O)c(CC(=O)OC(=O)Cc2c(O)ccc(C)c2[N+](=O)[O-])c1[N+](=O)[O-]. The van der Waals surface area contributed by atoms with Gasteiger partial charge in [-0.15, -0.1) is 0 Å². The van der Waals surface area contributed by atoms with E-state index in [2.05, 4.69) is 4.74 Å². The topological polar surface area (TPSA) is 170 Å². The number of ether oxygens (including phenoxy) is 1. The Morgan fingerprint density at radius 2 is 1.17 bits per heavy atom. The van der Waals surface area contributed by atoms with Crippen LogP contribution in [0.5, 0.6) is 11.5 Å². The summed E-state index contributed by atoms with van der Waals surface area (Å²) in [7, 11) is 0. The summed E-state index contributed by atoms with van der Waals surface area (Å²) in [5, 5.41) is 42.1. The zero-order valence-corrected chi connectivity index (χ0v) is 15.4. The van der Waals surface area contributed by atoms with E-state index in [1.54, 1.807) is 0 Å². The predicted molar refractivity (Wildman–Crippen MR) is 97.5 cm³/mol. The monoisotopic (exact) mass is 404 g/mol. The lowest BCUT2D eigenvalue weighted by Crippen LogP contribution is -2.18. The highest BCUT2D eigenvalue weighted by atomic mass is 16.6. The van der Waals surface area contributed by atoms with Gasteiger partial charge in [-0.3, -0.25) is 29.8 Å². The number of aromatic hydroxyl groups is 2. The van der Waals surface area contributed by atoms with Crippen molar-refractivity contribution in [1.82, 2.24) is 0 Å². The summed E-state index contributed by atoms with van der Waals surface area (Å²) >= 11 is 0. The number of nitro groups is 2. The Hall–Kier alpha value is -4.02. The molecule has 2 aromatic rings. The van der Waals surface area contributed by atoms with Gasteiger partial charge in [-0.25, -0.2) is 0 Å². The highest BCUT2D eigenvalue weighted by molar-refractivity contribution is 5.89. The van der Waals surface area contributed by atoms with Crippen molar-refractivity contribution in [1.29, 1.82) is 0 Å². The number of phenols is 2. The number of rotatable bonds is 6. The van der Waals surface area contributed by atoms with E-state index >= 15 is 0 Å². The first-order valence-electron chi connectivity index (χ1n) is 8.18. The van der Waals surface area contributed by atoms with Gasteiger partial charge in [0.1, 0.15) is 11.5 Å². The van der Waals surface area contributed by atoms with Crippen LogP contribution in [0.3, 0.4) is 0 Å². The zero-order chi connectivity index (χ0) is 21.9. The Bertz CT molecular complexity index is 949. The Morgan fingerprint density at radius 3 is 1.48 bits per heavy atom. The van der Waals surface area contributed by atoms with E-state index < -0.39 is 57.5 Å². The number of carbonyl (C=O) groups is 2. The van der Waals surface area contributed by atoms with Crippen molar-refractivity contribution >= 4 is 23.3 Å². The molecule has 2 N–H and O–H groups in total. The van der Waals surface area contributed by atoms with Gasteiger partial charge in [0, 0.05) is 11.1 Å². The summed E-state index contributed by atoms with van der Waals surface area (Å²) in [4.78, 5) is 44.9. The minimum Gasteiger partial charge on any atom is -0.507 e. The fourth-order valence-electron chi connectivity index (χ4n) is 2.83. The summed E-state index contributed by atoms with van der Waals surface area (Å²) in [6.45, 7) is 2.83. The largest absolute Gasteiger partial charge is 0.507 e. The number of phenolic OH excluding ortho intramolecular Hbond substituents is 2. The Labute approximate surface area is 163 Å². The molecule has 0 bridgehead atoms. The van der Waals surface area contributed by atoms with Crippen molar-refractivity contribution in [2.24, 2.45) is 0 Å². The number of nitrogens with zero attached hydrogens (tertiary/aromatic N) is 2. The number of nitro benzene ring substituents is 2. The number of esters is 2. The zero-order valence-electron chi connectivity index (χ0n) is 15.4. The van der Waals surface area contributed by atoms with E-state index in [9.17, 15) is 40.0 Å². The van der Waals surface area contributed by atoms with Crippen LogP contribution in [0, 0.1) is 34.1 Å². The van der Waals surface area contributed by atoms with Crippen LogP contribution in [0.25, 0.3) is 0 Å². The molecule has 0 saturated heterocycles. The molecule has 0 radical (unpaired) electrons. The van der Waals surface area contributed by atoms with Crippen LogP contribution in [0.15, 0.2) is 24.3 Å². The van der Waals surface area contributed by atoms with Crippen molar-refractivity contribution in [2.75, 3.05) is 0 Å². The van der Waals surface area contributed by atoms with E-state index in [-0.39, 0.29) is 22.3 Å². The number of aryl methyl sites for hydroxylation is 2. The Morgan fingerprint density at radius 1 is 0.828 bits per heavy atom. The van der Waals surface area contributed by atoms with Crippen LogP contribution < -0.4 is 0 Å². The summed E-state index contributed by atoms with van der Waals surface area (Å²) < 4.78 is 4.57. The number of carbonyl (C=O) groups excluding carboxylic acids is 2. The fraction of sp³-hybridized carbons (Fsp3) is 0.222. The molecule has 0 spiro atoms. The molecule has 2 aromatic carbocycles. The molecule has 0 unspecified atom stereocenters. The molecule has 0 aliphatic rings. The molecule has 0 saturated carbocycles. The van der Waals surface area contributed by atoms with Crippen LogP contribution in [-0.2, 0) is 27.2 Å². The lowest BCUT2D eigenvalue weighted by Gasteiger charge is -2.09. The lowest BCUT2D eigenvalue weighted by atomic mass is 10.0. The van der Waals surface area contributed by atoms with Gasteiger partial charge >= 0.3 is 11.9 Å². The number of hydrogen-bond acceptors (Lipinski definition) is 9. The summed E-state index contributed by atoms with van der Waals surface area (Å²) in [5.74, 6) is -3.43. The number of hydrogen-bond donors (Lipinski definition) is 2. The van der Waals surface area contributed by atoms with Gasteiger partial charge in [0.2, 0.25) is 0 Å². The summed E-state index contributed by atoms with van der Waals surface area (Å²) in [5.41, 5.74) is -1.22. The van der Waals surface area contributed by atoms with Gasteiger partial charge in [0.15, 0.2) is 0 Å². The van der Waals surface area contributed by atoms with Crippen LogP contribution in [-0.4, -0.2) is 32.0 Å². The third kappa shape index (κ3) is 4.64. The Kier molecular flexibility index (Phi) is 6.12. The maximum Gasteiger partial charge on any atom is 0.318 e. The van der Waals surface area contributed by atoms with E-state index in [1.807, 2.05) is 0 Å². The number of benzene rings is 2. The molecule has 0 aromatic heterocycles. The minimum atomic E-state index is -1.20. The van der Waals surface area contributed by atoms with Gasteiger partial charge in [0.05, 0.1) is 33.8 Å². The second kappa shape index (κ2) is 8.33. The third-order valence-electron chi connectivity index (χ3n) is 4.15. The average Bonchev–Trinajstić information content (AvgIpc) is 2.60. The van der Waals surface area contributed by atoms with Crippen molar-refractivity contribution < 1.29 is 34.4 Å². The van der Waals surface area contributed by atoms with Gasteiger partial charge in [-0.2, -0.15) is 0 Å². The van der Waals surface area contributed by atoms with Gasteiger partial charge in [-0.1, -0.05) is 0 Å². The molecule has 0 heterocycles. The fourth-order valence-corrected chi connectivity index (χ4v) is 2.83. The molecule has 0 amide bonds. The lowest BCUT2D eigenvalue weighted by molar-refractivity contribution is -0.386. The van der Waals surface area contributed by atoms with E-state index in [0.717, 1.165) is 0 Å². The van der Waals surface area contributed by atoms with Crippen molar-refractivity contribution in [2.45, 2.75) is 26.7 Å². The molecule has 152 valence electrons. The van der Waals surface area contributed by atoms with Gasteiger partial charge in [0.25, 0.3) is 11.4 Å². The molecule has 11 heteroatoms. The molecule has 2 rings (SSSR count). The summed E-state index contributed by atoms with van der Waals surface area (Å²) in [6.07, 6.45) is -1.53.